The van der Waals surface area contributed by atoms with Gasteiger partial charge in [-0.2, -0.15) is 0 Å². The van der Waals surface area contributed by atoms with Crippen LogP contribution in [0.15, 0.2) is 320 Å². The van der Waals surface area contributed by atoms with Crippen molar-refractivity contribution in [3.8, 4) is 34.8 Å². The summed E-state index contributed by atoms with van der Waals surface area (Å²) in [6.45, 7) is 0. The van der Waals surface area contributed by atoms with E-state index in [9.17, 15) is 0 Å². The minimum absolute atomic E-state index is 0. The van der Waals surface area contributed by atoms with Gasteiger partial charge in [-0.3, -0.25) is 23.7 Å². The van der Waals surface area contributed by atoms with Crippen molar-refractivity contribution in [1.82, 2.24) is 0 Å². The van der Waals surface area contributed by atoms with Crippen LogP contribution in [0.1, 0.15) is 59.1 Å². The van der Waals surface area contributed by atoms with Crippen molar-refractivity contribution in [3.63, 3.8) is 0 Å². The Morgan fingerprint density at radius 1 is 0.255 bits per heavy atom. The molecule has 13 aromatic rings. The Kier molecular flexibility index (Phi) is 33.6. The van der Waals surface area contributed by atoms with Crippen molar-refractivity contribution in [1.29, 1.82) is 0 Å². The number of hydrogen-bond donors (Lipinski definition) is 0. The van der Waals surface area contributed by atoms with E-state index in [0.29, 0.717) is 5.56 Å². The normalized spacial score (nSPS) is 10.5. The average molecular weight is 2070 g/mol. The van der Waals surface area contributed by atoms with Gasteiger partial charge in [0.15, 0.2) is 0 Å². The Labute approximate surface area is 649 Å². The van der Waals surface area contributed by atoms with Gasteiger partial charge in [0.2, 0.25) is 0 Å². The third-order valence-electron chi connectivity index (χ3n) is 17.1. The van der Waals surface area contributed by atoms with Crippen LogP contribution in [0.25, 0.3) is 33.1 Å². The van der Waals surface area contributed by atoms with Gasteiger partial charge in [0.1, 0.15) is 11.2 Å². The van der Waals surface area contributed by atoms with Crippen molar-refractivity contribution >= 4 is 96.1 Å². The maximum atomic E-state index is 7.17. The number of benzene rings is 12. The van der Waals surface area contributed by atoms with E-state index in [-0.39, 0.29) is 89.5 Å². The number of furan rings is 1. The molecule has 0 saturated carbocycles. The summed E-state index contributed by atoms with van der Waals surface area (Å²) in [5.74, 6) is 9.53. The van der Waals surface area contributed by atoms with Gasteiger partial charge in [-0.15, -0.1) is 64.7 Å². The van der Waals surface area contributed by atoms with Crippen molar-refractivity contribution in [2.45, 2.75) is 32.1 Å². The SMILES string of the molecule is [Au+].[Au+].[Au+].[Au+].[C-]#Cc1ccc2c(c1)Cc1ccc(C#[C-])cc1-2.[C-]#Cc1ccc2c(c1)oc1ccc(C#[C-])cc12.c1ccc([PH+](CCCC[PH+](c2ccccc2)c2ccccc2)c2ccccc2)cc1.c1ccc([PH+](CCCC[PH+](c2ccccc2)c2ccccc2)c2ccccc2)cc1. The molecule has 0 fully saturated rings. The van der Waals surface area contributed by atoms with Crippen molar-refractivity contribution in [2.24, 2.45) is 0 Å². The summed E-state index contributed by atoms with van der Waals surface area (Å²) in [6.07, 6.45) is 39.8. The molecular formula is C89H74Au4OP4+4. The average Bonchev–Trinajstić information content (AvgIpc) is 1.64. The molecule has 0 unspecified atom stereocenters. The largest absolute Gasteiger partial charge is 1.00 e. The first-order valence-electron chi connectivity index (χ1n) is 32.3. The van der Waals surface area contributed by atoms with E-state index in [0.717, 1.165) is 45.0 Å². The fourth-order valence-corrected chi connectivity index (χ4v) is 23.2. The van der Waals surface area contributed by atoms with Crippen LogP contribution in [-0.2, 0) is 95.9 Å². The Morgan fingerprint density at radius 2 is 0.541 bits per heavy atom. The van der Waals surface area contributed by atoms with Gasteiger partial charge in [-0.1, -0.05) is 175 Å². The van der Waals surface area contributed by atoms with Gasteiger partial charge >= 0.3 is 89.5 Å². The van der Waals surface area contributed by atoms with Crippen LogP contribution >= 0.6 is 31.7 Å². The summed E-state index contributed by atoms with van der Waals surface area (Å²) in [6, 6.07) is 112. The molecule has 1 aromatic heterocycles. The van der Waals surface area contributed by atoms with Crippen LogP contribution in [0.4, 0.5) is 0 Å². The summed E-state index contributed by atoms with van der Waals surface area (Å²) in [4.78, 5) is 0. The molecule has 496 valence electrons. The molecule has 1 heterocycles. The molecule has 14 rings (SSSR count). The van der Waals surface area contributed by atoms with Crippen molar-refractivity contribution in [3.05, 3.63) is 375 Å². The maximum absolute atomic E-state index is 7.17. The molecule has 9 heteroatoms. The molecule has 1 aliphatic carbocycles. The minimum Gasteiger partial charge on any atom is -0.458 e. The van der Waals surface area contributed by atoms with E-state index in [2.05, 4.69) is 272 Å². The molecule has 1 aliphatic rings. The van der Waals surface area contributed by atoms with E-state index < -0.39 is 31.7 Å². The summed E-state index contributed by atoms with van der Waals surface area (Å²) in [5, 5.41) is 14.2. The molecular weight excluding hydrogens is 2000 g/mol. The van der Waals surface area contributed by atoms with Gasteiger partial charge < -0.3 is 30.1 Å². The predicted octanol–water partition coefficient (Wildman–Crippen LogP) is 17.6. The Balaban J connectivity index is 0.000000187. The van der Waals surface area contributed by atoms with Crippen molar-refractivity contribution < 1.29 is 93.9 Å². The molecule has 0 saturated heterocycles. The molecule has 0 aliphatic heterocycles. The molecule has 0 atom stereocenters. The molecule has 12 aromatic carbocycles. The standard InChI is InChI=1S/2C28H28P2.C17H8.C16H6O.4Au/c2*1-5-15-25(16-6-1)29(26-17-7-2-8-18-26)23-13-14-24-30(27-19-9-3-10-20-27)28-21-11-4-12-22-28;1-3-12-6-8-16-15(9-12)11-14-7-5-13(4-2)10-17(14)16;1-3-11-6-8-15-14(9-11)13-7-5-12(4-2)10-16(13)17-15;;;;/h2*1-12,15-22H,13-14,23-24H2;5-10H,11H2;5-10H;;;;/q;;2*-2;4*+1/p+4. The Bertz CT molecular complexity index is 4210. The zero-order valence-corrected chi connectivity index (χ0v) is 66.7. The van der Waals surface area contributed by atoms with Gasteiger partial charge in [0, 0.05) is 10.8 Å². The van der Waals surface area contributed by atoms with Crippen LogP contribution in [0.3, 0.4) is 0 Å². The van der Waals surface area contributed by atoms with Crippen LogP contribution < -0.4 is 42.4 Å². The van der Waals surface area contributed by atoms with Crippen LogP contribution in [0, 0.1) is 49.4 Å². The molecule has 0 radical (unpaired) electrons. The molecule has 0 N–H and O–H groups in total. The third kappa shape index (κ3) is 21.7. The van der Waals surface area contributed by atoms with Crippen molar-refractivity contribution in [2.75, 3.05) is 24.6 Å². The first-order chi connectivity index (χ1) is 46.5. The first kappa shape index (κ1) is 78.7. The number of hydrogen-bond acceptors (Lipinski definition) is 1. The van der Waals surface area contributed by atoms with Gasteiger partial charge in [-0.05, 0) is 152 Å². The zero-order chi connectivity index (χ0) is 64.5. The van der Waals surface area contributed by atoms with E-state index >= 15 is 0 Å². The number of fused-ring (bicyclic) bond motifs is 6. The summed E-state index contributed by atoms with van der Waals surface area (Å²) < 4.78 is 5.68. The minimum atomic E-state index is -0.714. The number of unbranched alkanes of at least 4 members (excludes halogenated alkanes) is 2. The monoisotopic (exact) mass is 2070 g/mol. The van der Waals surface area contributed by atoms with Gasteiger partial charge in [-0.25, -0.2) is 0 Å². The first-order valence-corrected chi connectivity index (χ1v) is 39.1. The predicted molar refractivity (Wildman–Crippen MR) is 413 cm³/mol. The Hall–Kier alpha value is -6.64. The van der Waals surface area contributed by atoms with E-state index in [4.69, 9.17) is 30.1 Å². The fourth-order valence-electron chi connectivity index (χ4n) is 12.4. The molecule has 0 amide bonds. The molecule has 0 spiro atoms. The Morgan fingerprint density at radius 3 is 0.878 bits per heavy atom. The second-order valence-electron chi connectivity index (χ2n) is 23.2. The van der Waals surface area contributed by atoms with E-state index in [1.165, 1.54) is 115 Å². The summed E-state index contributed by atoms with van der Waals surface area (Å²) in [5.41, 5.74) is 9.46. The smallest absolute Gasteiger partial charge is 0.458 e. The topological polar surface area (TPSA) is 13.1 Å². The van der Waals surface area contributed by atoms with E-state index in [1.54, 1.807) is 12.1 Å². The van der Waals surface area contributed by atoms with Crippen LogP contribution in [-0.4, -0.2) is 24.6 Å². The second kappa shape index (κ2) is 41.8. The van der Waals surface area contributed by atoms with Gasteiger partial charge in [0.25, 0.3) is 0 Å². The van der Waals surface area contributed by atoms with E-state index in [1.807, 2.05) is 54.6 Å². The summed E-state index contributed by atoms with van der Waals surface area (Å²) in [7, 11) is -2.86. The maximum Gasteiger partial charge on any atom is 1.00 e. The third-order valence-corrected chi connectivity index (χ3v) is 28.8. The molecule has 1 nitrogen and oxygen atoms in total. The van der Waals surface area contributed by atoms with Crippen LogP contribution in [0.2, 0.25) is 0 Å². The molecule has 0 bridgehead atoms. The van der Waals surface area contributed by atoms with Crippen LogP contribution in [0.5, 0.6) is 0 Å². The number of rotatable bonds is 18. The quantitative estimate of drug-likeness (QED) is 0.0274. The van der Waals surface area contributed by atoms with Gasteiger partial charge in [0.05, 0.1) is 98.8 Å². The fraction of sp³-hybridized carbons (Fsp3) is 0.101. The zero-order valence-electron chi connectivity index (χ0n) is 54.0. The second-order valence-corrected chi connectivity index (χ2v) is 33.6. The summed E-state index contributed by atoms with van der Waals surface area (Å²) >= 11 is 0. The molecule has 98 heavy (non-hydrogen) atoms.